The summed E-state index contributed by atoms with van der Waals surface area (Å²) in [7, 11) is 0. The normalized spacial score (nSPS) is 21.9. The number of amides is 2. The second-order valence-corrected chi connectivity index (χ2v) is 3.93. The molecule has 1 unspecified atom stereocenters. The number of pyridine rings is 1. The number of nitrogens with zero attached hydrogens (tertiary/aromatic N) is 2. The Morgan fingerprint density at radius 2 is 2.05 bits per heavy atom. The number of nitrogens with one attached hydrogen (secondary N) is 1. The molecule has 102 valence electrons. The van der Waals surface area contributed by atoms with Gasteiger partial charge in [0.25, 0.3) is 0 Å². The van der Waals surface area contributed by atoms with Crippen LogP contribution in [0.5, 0.6) is 0 Å². The molecule has 0 radical (unpaired) electrons. The van der Waals surface area contributed by atoms with Gasteiger partial charge in [0.05, 0.1) is 5.70 Å². The summed E-state index contributed by atoms with van der Waals surface area (Å²) in [6.07, 6.45) is -1.83. The largest absolute Gasteiger partial charge is 0.406 e. The van der Waals surface area contributed by atoms with E-state index in [9.17, 15) is 23.1 Å². The Kier molecular flexibility index (Phi) is 3.43. The minimum atomic E-state index is -4.57. The molecular formula is C11H10F3N3O2. The van der Waals surface area contributed by atoms with Gasteiger partial charge in [0.1, 0.15) is 6.54 Å². The van der Waals surface area contributed by atoms with Crippen molar-refractivity contribution in [2.24, 2.45) is 0 Å². The number of aliphatic hydroxyl groups is 1. The van der Waals surface area contributed by atoms with Crippen molar-refractivity contribution in [2.45, 2.75) is 12.4 Å². The van der Waals surface area contributed by atoms with E-state index < -0.39 is 25.0 Å². The van der Waals surface area contributed by atoms with E-state index in [4.69, 9.17) is 0 Å². The van der Waals surface area contributed by atoms with Gasteiger partial charge in [-0.3, -0.25) is 9.88 Å². The first-order chi connectivity index (χ1) is 8.87. The van der Waals surface area contributed by atoms with Gasteiger partial charge in [-0.05, 0) is 23.8 Å². The summed E-state index contributed by atoms with van der Waals surface area (Å²) >= 11 is 0. The van der Waals surface area contributed by atoms with Crippen molar-refractivity contribution >= 4 is 12.1 Å². The fraction of sp³-hybridized carbons (Fsp3) is 0.273. The Hall–Kier alpha value is -2.09. The highest BCUT2D eigenvalue weighted by Gasteiger charge is 2.41. The number of aromatic nitrogens is 1. The molecule has 2 rings (SSSR count). The number of aliphatic hydroxyl groups excluding tert-OH is 1. The van der Waals surface area contributed by atoms with Gasteiger partial charge in [0.15, 0.2) is 6.23 Å². The van der Waals surface area contributed by atoms with E-state index in [-0.39, 0.29) is 5.70 Å². The molecule has 1 aromatic heterocycles. The molecular weight excluding hydrogens is 263 g/mol. The van der Waals surface area contributed by atoms with E-state index in [1.807, 2.05) is 0 Å². The standard InChI is InChI=1S/C11H10F3N3O2/c12-11(13,14)6-17-9(18)8(16-10(17)19)5-7-1-3-15-4-2-7/h1-5,9,18H,6H2,(H,16,19)/b8-5-. The van der Waals surface area contributed by atoms with Gasteiger partial charge in [-0.1, -0.05) is 0 Å². The maximum atomic E-state index is 12.2. The predicted molar refractivity (Wildman–Crippen MR) is 59.5 cm³/mol. The first-order valence-electron chi connectivity index (χ1n) is 5.31. The van der Waals surface area contributed by atoms with E-state index in [0.29, 0.717) is 10.5 Å². The average Bonchev–Trinajstić information content (AvgIpc) is 2.57. The van der Waals surface area contributed by atoms with E-state index in [1.54, 1.807) is 12.1 Å². The fourth-order valence-corrected chi connectivity index (χ4v) is 1.64. The van der Waals surface area contributed by atoms with Crippen molar-refractivity contribution in [1.29, 1.82) is 0 Å². The summed E-state index contributed by atoms with van der Waals surface area (Å²) in [5, 5.41) is 11.9. The van der Waals surface area contributed by atoms with Crippen LogP contribution in [-0.4, -0.2) is 40.0 Å². The molecule has 0 bridgehead atoms. The molecule has 1 aromatic rings. The Morgan fingerprint density at radius 1 is 1.42 bits per heavy atom. The van der Waals surface area contributed by atoms with Gasteiger partial charge < -0.3 is 10.4 Å². The molecule has 1 fully saturated rings. The minimum Gasteiger partial charge on any atom is -0.368 e. The van der Waals surface area contributed by atoms with Gasteiger partial charge in [0, 0.05) is 12.4 Å². The highest BCUT2D eigenvalue weighted by Crippen LogP contribution is 2.23. The monoisotopic (exact) mass is 273 g/mol. The zero-order valence-electron chi connectivity index (χ0n) is 9.55. The number of rotatable bonds is 2. The lowest BCUT2D eigenvalue weighted by Gasteiger charge is -2.20. The number of halogens is 3. The molecule has 0 aliphatic carbocycles. The molecule has 5 nitrogen and oxygen atoms in total. The van der Waals surface area contributed by atoms with Crippen molar-refractivity contribution in [3.05, 3.63) is 35.8 Å². The summed E-state index contributed by atoms with van der Waals surface area (Å²) in [4.78, 5) is 15.5. The lowest BCUT2D eigenvalue weighted by molar-refractivity contribution is -0.149. The van der Waals surface area contributed by atoms with E-state index in [2.05, 4.69) is 10.3 Å². The lowest BCUT2D eigenvalue weighted by atomic mass is 10.2. The molecule has 2 amide bonds. The Morgan fingerprint density at radius 3 is 2.63 bits per heavy atom. The van der Waals surface area contributed by atoms with Crippen molar-refractivity contribution < 1.29 is 23.1 Å². The van der Waals surface area contributed by atoms with Crippen LogP contribution in [0.3, 0.4) is 0 Å². The van der Waals surface area contributed by atoms with Gasteiger partial charge in [0.2, 0.25) is 0 Å². The summed E-state index contributed by atoms with van der Waals surface area (Å²) < 4.78 is 36.7. The topological polar surface area (TPSA) is 65.5 Å². The molecule has 0 aromatic carbocycles. The summed E-state index contributed by atoms with van der Waals surface area (Å²) in [6, 6.07) is 2.21. The van der Waals surface area contributed by atoms with E-state index >= 15 is 0 Å². The maximum absolute atomic E-state index is 12.2. The number of hydrogen-bond donors (Lipinski definition) is 2. The number of carbonyl (C=O) groups excluding carboxylic acids is 1. The van der Waals surface area contributed by atoms with Crippen LogP contribution in [-0.2, 0) is 0 Å². The van der Waals surface area contributed by atoms with E-state index in [0.717, 1.165) is 0 Å². The van der Waals surface area contributed by atoms with Crippen LogP contribution in [0.1, 0.15) is 5.56 Å². The van der Waals surface area contributed by atoms with E-state index in [1.165, 1.54) is 18.5 Å². The highest BCUT2D eigenvalue weighted by atomic mass is 19.4. The summed E-state index contributed by atoms with van der Waals surface area (Å²) in [5.74, 6) is 0. The van der Waals surface area contributed by atoms with Gasteiger partial charge in [-0.2, -0.15) is 13.2 Å². The average molecular weight is 273 g/mol. The fourth-order valence-electron chi connectivity index (χ4n) is 1.64. The zero-order valence-corrected chi connectivity index (χ0v) is 9.55. The second-order valence-electron chi connectivity index (χ2n) is 3.93. The Balaban J connectivity index is 2.18. The third-order valence-electron chi connectivity index (χ3n) is 2.46. The van der Waals surface area contributed by atoms with Gasteiger partial charge in [-0.15, -0.1) is 0 Å². The molecule has 1 atom stereocenters. The number of hydrogen-bond acceptors (Lipinski definition) is 3. The van der Waals surface area contributed by atoms with Crippen LogP contribution < -0.4 is 5.32 Å². The molecule has 2 heterocycles. The molecule has 2 N–H and O–H groups in total. The second kappa shape index (κ2) is 4.88. The lowest BCUT2D eigenvalue weighted by Crippen LogP contribution is -2.41. The quantitative estimate of drug-likeness (QED) is 0.854. The highest BCUT2D eigenvalue weighted by molar-refractivity contribution is 5.82. The maximum Gasteiger partial charge on any atom is 0.406 e. The van der Waals surface area contributed by atoms with Crippen LogP contribution in [0.25, 0.3) is 6.08 Å². The van der Waals surface area contributed by atoms with Crippen molar-refractivity contribution in [2.75, 3.05) is 6.54 Å². The molecule has 0 saturated carbocycles. The number of alkyl halides is 3. The summed E-state index contributed by atoms with van der Waals surface area (Å²) in [6.45, 7) is -1.51. The van der Waals surface area contributed by atoms with Crippen LogP contribution >= 0.6 is 0 Å². The molecule has 1 saturated heterocycles. The Bertz CT molecular complexity index is 502. The smallest absolute Gasteiger partial charge is 0.368 e. The first kappa shape index (κ1) is 13.3. The Labute approximate surface area is 106 Å². The summed E-state index contributed by atoms with van der Waals surface area (Å²) in [5.41, 5.74) is 0.610. The third-order valence-corrected chi connectivity index (χ3v) is 2.46. The molecule has 1 aliphatic rings. The predicted octanol–water partition coefficient (Wildman–Crippen LogP) is 1.33. The van der Waals surface area contributed by atoms with Gasteiger partial charge in [-0.25, -0.2) is 4.79 Å². The van der Waals surface area contributed by atoms with Crippen LogP contribution in [0, 0.1) is 0 Å². The van der Waals surface area contributed by atoms with Crippen LogP contribution in [0.2, 0.25) is 0 Å². The van der Waals surface area contributed by atoms with Crippen molar-refractivity contribution in [1.82, 2.24) is 15.2 Å². The SMILES string of the molecule is O=C1N/C(=C\c2ccncc2)C(O)N1CC(F)(F)F. The van der Waals surface area contributed by atoms with Crippen molar-refractivity contribution in [3.8, 4) is 0 Å². The molecule has 19 heavy (non-hydrogen) atoms. The third kappa shape index (κ3) is 3.22. The number of carbonyl (C=O) groups is 1. The minimum absolute atomic E-state index is 0.000417. The molecule has 0 spiro atoms. The van der Waals surface area contributed by atoms with Crippen LogP contribution in [0.15, 0.2) is 30.2 Å². The zero-order chi connectivity index (χ0) is 14.0. The van der Waals surface area contributed by atoms with Crippen LogP contribution in [0.4, 0.5) is 18.0 Å². The number of urea groups is 1. The van der Waals surface area contributed by atoms with Crippen molar-refractivity contribution in [3.63, 3.8) is 0 Å². The van der Waals surface area contributed by atoms with Gasteiger partial charge >= 0.3 is 12.2 Å². The molecule has 8 heteroatoms. The first-order valence-corrected chi connectivity index (χ1v) is 5.31. The molecule has 1 aliphatic heterocycles.